The predicted molar refractivity (Wildman–Crippen MR) is 76.9 cm³/mol. The van der Waals surface area contributed by atoms with Crippen LogP contribution in [0.15, 0.2) is 24.5 Å². The molecule has 7 heteroatoms. The van der Waals surface area contributed by atoms with E-state index in [0.717, 1.165) is 0 Å². The average Bonchev–Trinajstić information content (AvgIpc) is 2.36. The summed E-state index contributed by atoms with van der Waals surface area (Å²) in [5.74, 6) is 0.222. The Bertz CT molecular complexity index is 621. The zero-order valence-electron chi connectivity index (χ0n) is 11.0. The first-order valence-corrected chi connectivity index (χ1v) is 6.34. The molecule has 0 saturated heterocycles. The lowest BCUT2D eigenvalue weighted by molar-refractivity contribution is 0.234. The minimum atomic E-state index is -0.417. The third kappa shape index (κ3) is 3.27. The molecule has 1 heterocycles. The number of nitrogens with two attached hydrogens (primary N) is 1. The van der Waals surface area contributed by atoms with Crippen molar-refractivity contribution in [1.82, 2.24) is 9.97 Å². The van der Waals surface area contributed by atoms with Crippen molar-refractivity contribution >= 4 is 28.8 Å². The molecule has 0 fully saturated rings. The summed E-state index contributed by atoms with van der Waals surface area (Å²) in [6.07, 6.45) is 1.27. The molecule has 0 aliphatic rings. The van der Waals surface area contributed by atoms with Crippen LogP contribution in [0, 0.1) is 5.82 Å². The first-order chi connectivity index (χ1) is 9.47. The second-order valence-electron chi connectivity index (χ2n) is 4.36. The normalized spacial score (nSPS) is 10.7. The van der Waals surface area contributed by atoms with Crippen molar-refractivity contribution in [3.8, 4) is 5.88 Å². The van der Waals surface area contributed by atoms with E-state index in [9.17, 15) is 4.39 Å². The predicted octanol–water partition coefficient (Wildman–Crippen LogP) is 3.38. The van der Waals surface area contributed by atoms with Crippen molar-refractivity contribution in [1.29, 1.82) is 0 Å². The summed E-state index contributed by atoms with van der Waals surface area (Å²) in [4.78, 5) is 7.99. The second kappa shape index (κ2) is 5.92. The van der Waals surface area contributed by atoms with Crippen LogP contribution < -0.4 is 15.8 Å². The summed E-state index contributed by atoms with van der Waals surface area (Å²) in [5, 5.41) is 3.16. The Labute approximate surface area is 120 Å². The van der Waals surface area contributed by atoms with E-state index in [1.54, 1.807) is 0 Å². The Kier molecular flexibility index (Phi) is 4.24. The van der Waals surface area contributed by atoms with E-state index in [-0.39, 0.29) is 22.7 Å². The van der Waals surface area contributed by atoms with Gasteiger partial charge in [0.1, 0.15) is 17.8 Å². The fourth-order valence-electron chi connectivity index (χ4n) is 1.51. The Hall–Kier alpha value is -2.08. The molecule has 0 amide bonds. The summed E-state index contributed by atoms with van der Waals surface area (Å²) in [6, 6.07) is 3.99. The molecule has 0 radical (unpaired) electrons. The van der Waals surface area contributed by atoms with Crippen LogP contribution in [0.1, 0.15) is 13.8 Å². The highest BCUT2D eigenvalue weighted by Crippen LogP contribution is 2.31. The number of nitrogen functional groups attached to an aromatic ring is 1. The fraction of sp³-hybridized carbons (Fsp3) is 0.231. The van der Waals surface area contributed by atoms with Crippen molar-refractivity contribution in [3.63, 3.8) is 0 Å². The third-order valence-electron chi connectivity index (χ3n) is 2.38. The van der Waals surface area contributed by atoms with Crippen LogP contribution in [-0.2, 0) is 0 Å². The van der Waals surface area contributed by atoms with Gasteiger partial charge in [-0.3, -0.25) is 0 Å². The van der Waals surface area contributed by atoms with Gasteiger partial charge in [0.05, 0.1) is 16.8 Å². The summed E-state index contributed by atoms with van der Waals surface area (Å²) in [7, 11) is 0. The molecule has 0 atom stereocenters. The molecule has 0 saturated carbocycles. The van der Waals surface area contributed by atoms with Crippen LogP contribution in [-0.4, -0.2) is 16.1 Å². The van der Waals surface area contributed by atoms with Gasteiger partial charge in [-0.25, -0.2) is 9.37 Å². The first-order valence-electron chi connectivity index (χ1n) is 5.96. The van der Waals surface area contributed by atoms with Crippen LogP contribution in [0.25, 0.3) is 0 Å². The maximum atomic E-state index is 13.0. The lowest BCUT2D eigenvalue weighted by atomic mass is 10.3. The topological polar surface area (TPSA) is 73.1 Å². The number of hydrogen-bond acceptors (Lipinski definition) is 5. The van der Waals surface area contributed by atoms with Crippen LogP contribution in [0.4, 0.5) is 21.6 Å². The van der Waals surface area contributed by atoms with Crippen molar-refractivity contribution in [2.24, 2.45) is 0 Å². The number of nitrogens with one attached hydrogen (secondary N) is 1. The Morgan fingerprint density at radius 1 is 1.35 bits per heavy atom. The van der Waals surface area contributed by atoms with E-state index >= 15 is 0 Å². The van der Waals surface area contributed by atoms with Gasteiger partial charge in [-0.15, -0.1) is 0 Å². The van der Waals surface area contributed by atoms with Gasteiger partial charge in [0.25, 0.3) is 0 Å². The van der Waals surface area contributed by atoms with Gasteiger partial charge in [0, 0.05) is 0 Å². The number of ether oxygens (including phenoxy) is 1. The molecular weight excluding hydrogens is 283 g/mol. The fourth-order valence-corrected chi connectivity index (χ4v) is 1.73. The van der Waals surface area contributed by atoms with Gasteiger partial charge in [0.2, 0.25) is 5.88 Å². The molecule has 0 aliphatic heterocycles. The zero-order valence-corrected chi connectivity index (χ0v) is 11.8. The van der Waals surface area contributed by atoms with Gasteiger partial charge in [-0.2, -0.15) is 4.98 Å². The van der Waals surface area contributed by atoms with E-state index < -0.39 is 5.82 Å². The molecule has 1 aromatic carbocycles. The monoisotopic (exact) mass is 296 g/mol. The molecule has 3 N–H and O–H groups in total. The maximum absolute atomic E-state index is 13.0. The molecule has 0 bridgehead atoms. The number of anilines is 3. The number of benzene rings is 1. The first kappa shape index (κ1) is 14.3. The van der Waals surface area contributed by atoms with Gasteiger partial charge in [-0.05, 0) is 32.0 Å². The van der Waals surface area contributed by atoms with E-state index in [1.165, 1.54) is 24.5 Å². The largest absolute Gasteiger partial charge is 0.473 e. The molecule has 5 nitrogen and oxygen atoms in total. The van der Waals surface area contributed by atoms with Crippen molar-refractivity contribution in [3.05, 3.63) is 35.4 Å². The number of hydrogen-bond donors (Lipinski definition) is 2. The van der Waals surface area contributed by atoms with Crippen LogP contribution in [0.5, 0.6) is 5.88 Å². The highest BCUT2D eigenvalue weighted by molar-refractivity contribution is 6.33. The summed E-state index contributed by atoms with van der Waals surface area (Å²) >= 11 is 5.94. The lowest BCUT2D eigenvalue weighted by Crippen LogP contribution is -2.10. The standard InChI is InChI=1S/C13H14ClFN4O/c1-7(2)20-13-11(16)12(17-6-18-13)19-10-4-3-8(15)5-9(10)14/h3-7H,16H2,1-2H3,(H,17,18,19). The minimum absolute atomic E-state index is 0.0607. The quantitative estimate of drug-likeness (QED) is 0.905. The summed E-state index contributed by atoms with van der Waals surface area (Å²) in [6.45, 7) is 3.73. The maximum Gasteiger partial charge on any atom is 0.242 e. The SMILES string of the molecule is CC(C)Oc1ncnc(Nc2ccc(F)cc2Cl)c1N. The van der Waals surface area contributed by atoms with Crippen LogP contribution in [0.3, 0.4) is 0 Å². The Balaban J connectivity index is 2.29. The summed E-state index contributed by atoms with van der Waals surface area (Å²) < 4.78 is 18.5. The number of halogens is 2. The van der Waals surface area contributed by atoms with Crippen molar-refractivity contribution in [2.45, 2.75) is 20.0 Å². The van der Waals surface area contributed by atoms with Crippen molar-refractivity contribution in [2.75, 3.05) is 11.1 Å². The highest BCUT2D eigenvalue weighted by atomic mass is 35.5. The van der Waals surface area contributed by atoms with Crippen LogP contribution in [0.2, 0.25) is 5.02 Å². The van der Waals surface area contributed by atoms with Gasteiger partial charge in [0.15, 0.2) is 5.82 Å². The highest BCUT2D eigenvalue weighted by Gasteiger charge is 2.12. The second-order valence-corrected chi connectivity index (χ2v) is 4.76. The number of rotatable bonds is 4. The average molecular weight is 297 g/mol. The smallest absolute Gasteiger partial charge is 0.242 e. The summed E-state index contributed by atoms with van der Waals surface area (Å²) in [5.41, 5.74) is 6.69. The minimum Gasteiger partial charge on any atom is -0.473 e. The third-order valence-corrected chi connectivity index (χ3v) is 2.69. The lowest BCUT2D eigenvalue weighted by Gasteiger charge is -2.14. The van der Waals surface area contributed by atoms with Gasteiger partial charge >= 0.3 is 0 Å². The molecule has 2 rings (SSSR count). The molecule has 106 valence electrons. The van der Waals surface area contributed by atoms with Gasteiger partial charge in [-0.1, -0.05) is 11.6 Å². The zero-order chi connectivity index (χ0) is 14.7. The molecule has 0 spiro atoms. The molecular formula is C13H14ClFN4O. The molecule has 20 heavy (non-hydrogen) atoms. The van der Waals surface area contributed by atoms with Crippen LogP contribution >= 0.6 is 11.6 Å². The molecule has 0 unspecified atom stereocenters. The van der Waals surface area contributed by atoms with E-state index in [2.05, 4.69) is 15.3 Å². The van der Waals surface area contributed by atoms with E-state index in [4.69, 9.17) is 22.1 Å². The Morgan fingerprint density at radius 3 is 2.75 bits per heavy atom. The number of aromatic nitrogens is 2. The molecule has 2 aromatic rings. The van der Waals surface area contributed by atoms with Crippen molar-refractivity contribution < 1.29 is 9.13 Å². The Morgan fingerprint density at radius 2 is 2.10 bits per heavy atom. The number of nitrogens with zero attached hydrogens (tertiary/aromatic N) is 2. The van der Waals surface area contributed by atoms with E-state index in [0.29, 0.717) is 11.5 Å². The van der Waals surface area contributed by atoms with Gasteiger partial charge < -0.3 is 15.8 Å². The molecule has 1 aromatic heterocycles. The molecule has 0 aliphatic carbocycles. The van der Waals surface area contributed by atoms with E-state index in [1.807, 2.05) is 13.8 Å².